The van der Waals surface area contributed by atoms with Gasteiger partial charge in [-0.2, -0.15) is 0 Å². The van der Waals surface area contributed by atoms with Crippen LogP contribution in [0.25, 0.3) is 0 Å². The van der Waals surface area contributed by atoms with Gasteiger partial charge in [0, 0.05) is 6.61 Å². The average molecular weight is 168 g/mol. The van der Waals surface area contributed by atoms with Crippen LogP contribution in [0, 0.1) is 5.92 Å². The molecule has 1 heterocycles. The molecule has 0 aromatic rings. The van der Waals surface area contributed by atoms with Crippen molar-refractivity contribution in [3.05, 3.63) is 11.6 Å². The van der Waals surface area contributed by atoms with Crippen molar-refractivity contribution in [3.63, 3.8) is 0 Å². The number of rotatable bonds is 0. The zero-order valence-corrected chi connectivity index (χ0v) is 6.91. The molecule has 0 N–H and O–H groups in total. The zero-order chi connectivity index (χ0) is 8.39. The lowest BCUT2D eigenvalue weighted by atomic mass is 10.3. The molecule has 0 amide bonds. The van der Waals surface area contributed by atoms with Crippen LogP contribution >= 0.6 is 0 Å². The van der Waals surface area contributed by atoms with Crippen LogP contribution in [-0.2, 0) is 14.3 Å². The predicted molar refractivity (Wildman–Crippen MR) is 42.6 cm³/mol. The van der Waals surface area contributed by atoms with Gasteiger partial charge in [-0.3, -0.25) is 4.79 Å². The number of ether oxygens (including phenoxy) is 2. The van der Waals surface area contributed by atoms with Crippen LogP contribution < -0.4 is 0 Å². The van der Waals surface area contributed by atoms with E-state index in [4.69, 9.17) is 9.47 Å². The van der Waals surface area contributed by atoms with Crippen molar-refractivity contribution in [2.75, 3.05) is 19.8 Å². The molecule has 12 heavy (non-hydrogen) atoms. The molecule has 1 atom stereocenters. The smallest absolute Gasteiger partial charge is 0.317 e. The summed E-state index contributed by atoms with van der Waals surface area (Å²) in [4.78, 5) is 11.1. The lowest BCUT2D eigenvalue weighted by Crippen LogP contribution is -2.13. The Morgan fingerprint density at radius 1 is 1.33 bits per heavy atom. The average Bonchev–Trinajstić information content (AvgIpc) is 2.82. The summed E-state index contributed by atoms with van der Waals surface area (Å²) in [5.74, 6) is -0.154. The molecule has 1 unspecified atom stereocenters. The van der Waals surface area contributed by atoms with Crippen LogP contribution in [-0.4, -0.2) is 25.8 Å². The van der Waals surface area contributed by atoms with Crippen molar-refractivity contribution in [1.29, 1.82) is 0 Å². The third-order valence-electron chi connectivity index (χ3n) is 2.12. The summed E-state index contributed by atoms with van der Waals surface area (Å²) in [6.07, 6.45) is 3.80. The van der Waals surface area contributed by atoms with Crippen molar-refractivity contribution >= 4 is 5.97 Å². The fourth-order valence-corrected chi connectivity index (χ4v) is 1.28. The Hall–Kier alpha value is -0.830. The second-order valence-electron chi connectivity index (χ2n) is 3.15. The Bertz CT molecular complexity index is 220. The Morgan fingerprint density at radius 2 is 2.17 bits per heavy atom. The Kier molecular flexibility index (Phi) is 2.13. The highest BCUT2D eigenvalue weighted by Gasteiger charge is 2.33. The summed E-state index contributed by atoms with van der Waals surface area (Å²) >= 11 is 0. The third kappa shape index (κ3) is 1.67. The topological polar surface area (TPSA) is 35.5 Å². The largest absolute Gasteiger partial charge is 0.465 e. The highest BCUT2D eigenvalue weighted by Crippen LogP contribution is 2.30. The number of cyclic esters (lactones) is 1. The molecule has 0 aromatic carbocycles. The molecule has 3 nitrogen and oxygen atoms in total. The second-order valence-corrected chi connectivity index (χ2v) is 3.15. The Balaban J connectivity index is 1.86. The van der Waals surface area contributed by atoms with E-state index in [0.29, 0.717) is 13.2 Å². The van der Waals surface area contributed by atoms with E-state index >= 15 is 0 Å². The molecule has 0 saturated carbocycles. The number of carbonyl (C=O) groups is 1. The molecule has 0 spiro atoms. The summed E-state index contributed by atoms with van der Waals surface area (Å²) in [6.45, 7) is 1.93. The summed E-state index contributed by atoms with van der Waals surface area (Å²) in [6, 6.07) is 0. The van der Waals surface area contributed by atoms with Crippen molar-refractivity contribution < 1.29 is 14.3 Å². The van der Waals surface area contributed by atoms with E-state index in [2.05, 4.69) is 0 Å². The molecule has 1 aliphatic heterocycles. The standard InChI is InChI=1S/C9H12O3/c10-9-8-5-7(8)6-11-3-1-2-4-12-9/h5,8H,1-4,6H2. The van der Waals surface area contributed by atoms with Gasteiger partial charge in [0.25, 0.3) is 0 Å². The molecular weight excluding hydrogens is 156 g/mol. The molecule has 1 fully saturated rings. The highest BCUT2D eigenvalue weighted by molar-refractivity contribution is 5.83. The SMILES string of the molecule is O=C1OCCCCOCC2=CC12. The predicted octanol–water partition coefficient (Wildman–Crippen LogP) is 0.896. The first-order valence-corrected chi connectivity index (χ1v) is 4.33. The van der Waals surface area contributed by atoms with Gasteiger partial charge in [-0.1, -0.05) is 6.08 Å². The second kappa shape index (κ2) is 3.27. The number of fused-ring (bicyclic) bond motifs is 1. The minimum absolute atomic E-state index is 0.0527. The number of esters is 1. The molecule has 0 bridgehead atoms. The van der Waals surface area contributed by atoms with Gasteiger partial charge in [0.2, 0.25) is 0 Å². The van der Waals surface area contributed by atoms with Gasteiger partial charge < -0.3 is 9.47 Å². The van der Waals surface area contributed by atoms with Crippen LogP contribution in [0.15, 0.2) is 11.6 Å². The monoisotopic (exact) mass is 168 g/mol. The van der Waals surface area contributed by atoms with Crippen LogP contribution in [0.4, 0.5) is 0 Å². The molecule has 3 heteroatoms. The van der Waals surface area contributed by atoms with Crippen molar-refractivity contribution in [3.8, 4) is 0 Å². The van der Waals surface area contributed by atoms with Gasteiger partial charge in [-0.05, 0) is 18.4 Å². The normalized spacial score (nSPS) is 29.8. The quantitative estimate of drug-likeness (QED) is 0.398. The van der Waals surface area contributed by atoms with E-state index in [1.807, 2.05) is 6.08 Å². The van der Waals surface area contributed by atoms with Gasteiger partial charge in [0.1, 0.15) is 0 Å². The fourth-order valence-electron chi connectivity index (χ4n) is 1.28. The molecule has 0 radical (unpaired) electrons. The third-order valence-corrected chi connectivity index (χ3v) is 2.12. The zero-order valence-electron chi connectivity index (χ0n) is 6.91. The van der Waals surface area contributed by atoms with Crippen LogP contribution in [0.2, 0.25) is 0 Å². The summed E-state index contributed by atoms with van der Waals surface area (Å²) < 4.78 is 10.4. The van der Waals surface area contributed by atoms with Crippen LogP contribution in [0.5, 0.6) is 0 Å². The lowest BCUT2D eigenvalue weighted by Gasteiger charge is -2.08. The number of hydrogen-bond donors (Lipinski definition) is 0. The van der Waals surface area contributed by atoms with Gasteiger partial charge in [-0.25, -0.2) is 0 Å². The molecule has 1 aliphatic carbocycles. The minimum atomic E-state index is -0.101. The van der Waals surface area contributed by atoms with Gasteiger partial charge in [0.15, 0.2) is 0 Å². The van der Waals surface area contributed by atoms with Gasteiger partial charge >= 0.3 is 5.97 Å². The molecular formula is C9H12O3. The first-order valence-electron chi connectivity index (χ1n) is 4.33. The lowest BCUT2D eigenvalue weighted by molar-refractivity contribution is -0.145. The van der Waals surface area contributed by atoms with Crippen LogP contribution in [0.3, 0.4) is 0 Å². The van der Waals surface area contributed by atoms with E-state index in [1.165, 1.54) is 0 Å². The maximum atomic E-state index is 11.1. The van der Waals surface area contributed by atoms with Crippen LogP contribution in [0.1, 0.15) is 12.8 Å². The maximum Gasteiger partial charge on any atom is 0.317 e. The Labute approximate surface area is 71.3 Å². The molecule has 2 rings (SSSR count). The molecule has 1 saturated heterocycles. The van der Waals surface area contributed by atoms with E-state index in [9.17, 15) is 4.79 Å². The summed E-state index contributed by atoms with van der Waals surface area (Å²) in [7, 11) is 0. The molecule has 0 aromatic heterocycles. The maximum absolute atomic E-state index is 11.1. The first kappa shape index (κ1) is 7.80. The number of hydrogen-bond acceptors (Lipinski definition) is 3. The summed E-state index contributed by atoms with van der Waals surface area (Å²) in [5.41, 5.74) is 1.09. The van der Waals surface area contributed by atoms with E-state index in [1.54, 1.807) is 0 Å². The highest BCUT2D eigenvalue weighted by atomic mass is 16.5. The first-order chi connectivity index (χ1) is 5.88. The van der Waals surface area contributed by atoms with E-state index in [-0.39, 0.29) is 11.9 Å². The fraction of sp³-hybridized carbons (Fsp3) is 0.667. The molecule has 66 valence electrons. The van der Waals surface area contributed by atoms with Crippen molar-refractivity contribution in [1.82, 2.24) is 0 Å². The molecule has 2 aliphatic rings. The van der Waals surface area contributed by atoms with Crippen molar-refractivity contribution in [2.45, 2.75) is 12.8 Å². The van der Waals surface area contributed by atoms with Gasteiger partial charge in [-0.15, -0.1) is 0 Å². The summed E-state index contributed by atoms with van der Waals surface area (Å²) in [5, 5.41) is 0. The minimum Gasteiger partial charge on any atom is -0.465 e. The Morgan fingerprint density at radius 3 is 3.08 bits per heavy atom. The van der Waals surface area contributed by atoms with Crippen molar-refractivity contribution in [2.24, 2.45) is 5.92 Å². The van der Waals surface area contributed by atoms with E-state index < -0.39 is 0 Å². The van der Waals surface area contributed by atoms with Gasteiger partial charge in [0.05, 0.1) is 19.1 Å². The number of carbonyl (C=O) groups excluding carboxylic acids is 1. The van der Waals surface area contributed by atoms with E-state index in [0.717, 1.165) is 25.0 Å².